The molecular formula is C22H32N2O. The monoisotopic (exact) mass is 340 g/mol. The largest absolute Gasteiger partial charge is 0.385 e. The van der Waals surface area contributed by atoms with E-state index in [1.807, 2.05) is 19.1 Å². The van der Waals surface area contributed by atoms with Gasteiger partial charge in [-0.15, -0.1) is 5.92 Å². The second kappa shape index (κ2) is 8.74. The van der Waals surface area contributed by atoms with Crippen molar-refractivity contribution in [1.82, 2.24) is 4.90 Å². The van der Waals surface area contributed by atoms with Crippen molar-refractivity contribution in [2.24, 2.45) is 0 Å². The molecule has 136 valence electrons. The molecule has 1 aliphatic heterocycles. The van der Waals surface area contributed by atoms with Gasteiger partial charge in [0, 0.05) is 30.4 Å². The number of anilines is 1. The zero-order chi connectivity index (χ0) is 17.5. The summed E-state index contributed by atoms with van der Waals surface area (Å²) in [5, 5.41) is 14.7. The summed E-state index contributed by atoms with van der Waals surface area (Å²) in [5.74, 6) is 5.96. The van der Waals surface area contributed by atoms with Crippen LogP contribution in [0.25, 0.3) is 0 Å². The maximum Gasteiger partial charge on any atom is 0.0940 e. The predicted octanol–water partition coefficient (Wildman–Crippen LogP) is 4.13. The lowest BCUT2D eigenvalue weighted by Gasteiger charge is -2.42. The Hall–Kier alpha value is -1.50. The normalized spacial score (nSPS) is 21.8. The first-order valence-corrected chi connectivity index (χ1v) is 9.92. The quantitative estimate of drug-likeness (QED) is 0.639. The van der Waals surface area contributed by atoms with E-state index in [9.17, 15) is 5.11 Å². The maximum atomic E-state index is 11.3. The fourth-order valence-electron chi connectivity index (χ4n) is 4.42. The Balaban J connectivity index is 1.66. The highest BCUT2D eigenvalue weighted by molar-refractivity contribution is 5.54. The summed E-state index contributed by atoms with van der Waals surface area (Å²) in [6.07, 6.45) is 9.86. The van der Waals surface area contributed by atoms with E-state index in [4.69, 9.17) is 0 Å². The van der Waals surface area contributed by atoms with Gasteiger partial charge in [-0.3, -0.25) is 0 Å². The van der Waals surface area contributed by atoms with E-state index in [0.29, 0.717) is 6.54 Å². The molecule has 3 heteroatoms. The fraction of sp³-hybridized carbons (Fsp3) is 0.636. The molecule has 0 amide bonds. The third kappa shape index (κ3) is 4.57. The molecule has 2 aliphatic rings. The minimum Gasteiger partial charge on any atom is -0.385 e. The van der Waals surface area contributed by atoms with Crippen molar-refractivity contribution in [2.75, 3.05) is 25.0 Å². The fourth-order valence-corrected chi connectivity index (χ4v) is 4.42. The van der Waals surface area contributed by atoms with Crippen LogP contribution in [0.15, 0.2) is 24.3 Å². The van der Waals surface area contributed by atoms with Gasteiger partial charge in [-0.1, -0.05) is 49.8 Å². The molecule has 0 bridgehead atoms. The number of nitrogens with one attached hydrogen (secondary N) is 1. The Bertz CT molecular complexity index is 600. The number of aliphatic hydroxyl groups is 1. The van der Waals surface area contributed by atoms with Crippen LogP contribution < -0.4 is 5.32 Å². The van der Waals surface area contributed by atoms with Crippen molar-refractivity contribution < 1.29 is 5.11 Å². The molecule has 1 aliphatic carbocycles. The molecule has 0 radical (unpaired) electrons. The first-order chi connectivity index (χ1) is 12.2. The van der Waals surface area contributed by atoms with Crippen LogP contribution in [-0.4, -0.2) is 35.7 Å². The molecule has 0 aromatic heterocycles. The van der Waals surface area contributed by atoms with Crippen LogP contribution in [0, 0.1) is 11.8 Å². The van der Waals surface area contributed by atoms with Crippen LogP contribution in [-0.2, 0) is 5.60 Å². The summed E-state index contributed by atoms with van der Waals surface area (Å²) in [7, 11) is 0. The standard InChI is InChI=1S/C22H32N2O/c1-2-3-16-23-21-13-9-8-12-20(21)22(25)14-17-24(18-15-22)19-10-6-4-5-7-11-19/h8-9,12-13,19,23,25H,4-7,10-11,14-18H2,1H3. The lowest BCUT2D eigenvalue weighted by atomic mass is 9.82. The number of piperidine rings is 1. The second-order valence-electron chi connectivity index (χ2n) is 7.54. The van der Waals surface area contributed by atoms with Crippen LogP contribution in [0.3, 0.4) is 0 Å². The molecular weight excluding hydrogens is 308 g/mol. The Morgan fingerprint density at radius 3 is 2.48 bits per heavy atom. The van der Waals surface area contributed by atoms with E-state index in [-0.39, 0.29) is 0 Å². The highest BCUT2D eigenvalue weighted by Gasteiger charge is 2.37. The Morgan fingerprint density at radius 2 is 1.80 bits per heavy atom. The van der Waals surface area contributed by atoms with Gasteiger partial charge >= 0.3 is 0 Å². The molecule has 25 heavy (non-hydrogen) atoms. The Kier molecular flexibility index (Phi) is 6.39. The van der Waals surface area contributed by atoms with Crippen molar-refractivity contribution in [1.29, 1.82) is 0 Å². The van der Waals surface area contributed by atoms with Crippen molar-refractivity contribution >= 4 is 5.69 Å². The highest BCUT2D eigenvalue weighted by atomic mass is 16.3. The van der Waals surface area contributed by atoms with E-state index in [0.717, 1.165) is 43.2 Å². The number of benzene rings is 1. The summed E-state index contributed by atoms with van der Waals surface area (Å²) < 4.78 is 0. The number of nitrogens with zero attached hydrogens (tertiary/aromatic N) is 1. The van der Waals surface area contributed by atoms with Crippen LogP contribution in [0.5, 0.6) is 0 Å². The second-order valence-corrected chi connectivity index (χ2v) is 7.54. The predicted molar refractivity (Wildman–Crippen MR) is 105 cm³/mol. The summed E-state index contributed by atoms with van der Waals surface area (Å²) in [4.78, 5) is 2.64. The van der Waals surface area contributed by atoms with Gasteiger partial charge < -0.3 is 15.3 Å². The number of rotatable bonds is 4. The number of hydrogen-bond acceptors (Lipinski definition) is 3. The molecule has 1 saturated heterocycles. The summed E-state index contributed by atoms with van der Waals surface area (Å²) in [5.41, 5.74) is 1.34. The number of likely N-dealkylation sites (tertiary alicyclic amines) is 1. The minimum absolute atomic E-state index is 0.623. The number of hydrogen-bond donors (Lipinski definition) is 2. The third-order valence-electron chi connectivity index (χ3n) is 5.94. The molecule has 2 N–H and O–H groups in total. The van der Waals surface area contributed by atoms with Crippen LogP contribution in [0.2, 0.25) is 0 Å². The van der Waals surface area contributed by atoms with Crippen molar-refractivity contribution in [3.05, 3.63) is 29.8 Å². The zero-order valence-electron chi connectivity index (χ0n) is 15.6. The average Bonchev–Trinajstić information content (AvgIpc) is 2.92. The van der Waals surface area contributed by atoms with Crippen LogP contribution in [0.1, 0.15) is 63.9 Å². The van der Waals surface area contributed by atoms with Gasteiger partial charge in [-0.05, 0) is 38.7 Å². The van der Waals surface area contributed by atoms with Crippen LogP contribution in [0.4, 0.5) is 5.69 Å². The van der Waals surface area contributed by atoms with Gasteiger partial charge in [0.1, 0.15) is 0 Å². The molecule has 0 atom stereocenters. The first-order valence-electron chi connectivity index (χ1n) is 9.92. The summed E-state index contributed by atoms with van der Waals surface area (Å²) in [6.45, 7) is 4.48. The highest BCUT2D eigenvalue weighted by Crippen LogP contribution is 2.38. The SMILES string of the molecule is CC#CCNc1ccccc1C1(O)CCN(C2CCCCCC2)CC1. The average molecular weight is 341 g/mol. The molecule has 2 fully saturated rings. The third-order valence-corrected chi connectivity index (χ3v) is 5.94. The smallest absolute Gasteiger partial charge is 0.0940 e. The summed E-state index contributed by atoms with van der Waals surface area (Å²) in [6, 6.07) is 8.92. The van der Waals surface area contributed by atoms with Crippen molar-refractivity contribution in [3.8, 4) is 11.8 Å². The Morgan fingerprint density at radius 1 is 1.12 bits per heavy atom. The van der Waals surface area contributed by atoms with Crippen molar-refractivity contribution in [2.45, 2.75) is 69.9 Å². The lowest BCUT2D eigenvalue weighted by molar-refractivity contribution is -0.0366. The maximum absolute atomic E-state index is 11.3. The minimum atomic E-state index is -0.718. The molecule has 3 nitrogen and oxygen atoms in total. The first kappa shape index (κ1) is 18.3. The van der Waals surface area contributed by atoms with Gasteiger partial charge in [0.15, 0.2) is 0 Å². The van der Waals surface area contributed by atoms with E-state index in [1.165, 1.54) is 38.5 Å². The number of para-hydroxylation sites is 1. The molecule has 3 rings (SSSR count). The van der Waals surface area contributed by atoms with Crippen molar-refractivity contribution in [3.63, 3.8) is 0 Å². The molecule has 0 unspecified atom stereocenters. The topological polar surface area (TPSA) is 35.5 Å². The Labute approximate surface area is 152 Å². The van der Waals surface area contributed by atoms with E-state index >= 15 is 0 Å². The van der Waals surface area contributed by atoms with Gasteiger partial charge in [-0.2, -0.15) is 0 Å². The van der Waals surface area contributed by atoms with Gasteiger partial charge in [0.25, 0.3) is 0 Å². The molecule has 0 spiro atoms. The van der Waals surface area contributed by atoms with E-state index in [2.05, 4.69) is 34.2 Å². The lowest BCUT2D eigenvalue weighted by Crippen LogP contribution is -2.47. The van der Waals surface area contributed by atoms with E-state index < -0.39 is 5.60 Å². The molecule has 1 saturated carbocycles. The molecule has 1 aromatic rings. The molecule has 1 aromatic carbocycles. The van der Waals surface area contributed by atoms with Crippen LogP contribution >= 0.6 is 0 Å². The zero-order valence-corrected chi connectivity index (χ0v) is 15.6. The van der Waals surface area contributed by atoms with Gasteiger partial charge in [0.05, 0.1) is 12.1 Å². The molecule has 1 heterocycles. The van der Waals surface area contributed by atoms with Gasteiger partial charge in [-0.25, -0.2) is 0 Å². The van der Waals surface area contributed by atoms with E-state index in [1.54, 1.807) is 0 Å². The van der Waals surface area contributed by atoms with Gasteiger partial charge in [0.2, 0.25) is 0 Å². The summed E-state index contributed by atoms with van der Waals surface area (Å²) >= 11 is 0.